The number of nitrogens with zero attached hydrogens (tertiary/aromatic N) is 2. The summed E-state index contributed by atoms with van der Waals surface area (Å²) in [5, 5.41) is 0. The van der Waals surface area contributed by atoms with Crippen molar-refractivity contribution in [2.24, 2.45) is 5.73 Å². The zero-order valence-corrected chi connectivity index (χ0v) is 16.3. The summed E-state index contributed by atoms with van der Waals surface area (Å²) in [5.41, 5.74) is 7.76. The topological polar surface area (TPSA) is 83.7 Å². The van der Waals surface area contributed by atoms with E-state index in [-0.39, 0.29) is 18.0 Å². The van der Waals surface area contributed by atoms with Gasteiger partial charge in [-0.15, -0.1) is 0 Å². The van der Waals surface area contributed by atoms with Crippen molar-refractivity contribution in [3.05, 3.63) is 40.3 Å². The summed E-state index contributed by atoms with van der Waals surface area (Å²) < 4.78 is 27.9. The van der Waals surface area contributed by atoms with E-state index in [1.165, 1.54) is 5.56 Å². The van der Waals surface area contributed by atoms with Gasteiger partial charge in [0.1, 0.15) is 0 Å². The van der Waals surface area contributed by atoms with Crippen LogP contribution in [0.1, 0.15) is 43.2 Å². The fourth-order valence-electron chi connectivity index (χ4n) is 4.72. The first-order chi connectivity index (χ1) is 13.0. The summed E-state index contributed by atoms with van der Waals surface area (Å²) in [6, 6.07) is 8.05. The Kier molecular flexibility index (Phi) is 5.09. The smallest absolute Gasteiger partial charge is 0.239 e. The second-order valence-electron chi connectivity index (χ2n) is 7.74. The Morgan fingerprint density at radius 2 is 1.78 bits per heavy atom. The minimum absolute atomic E-state index is 0.185. The molecule has 146 valence electrons. The molecule has 2 saturated heterocycles. The molecule has 1 amide bonds. The summed E-state index contributed by atoms with van der Waals surface area (Å²) in [7, 11) is -3.42. The lowest BCUT2D eigenvalue weighted by atomic mass is 9.98. The number of hydrogen-bond donors (Lipinski definition) is 1. The molecule has 2 aliphatic heterocycles. The van der Waals surface area contributed by atoms with E-state index in [4.69, 9.17) is 5.73 Å². The standard InChI is InChI=1S/C20H27N3O3S/c21-20(24)19-6-3-11-23(19)17-9-12-22(13-10-17)27(25,26)18-8-7-15-4-1-2-5-16(15)14-18/h1-2,4-5,14,17,19H,3,6-13H2,(H2,21,24)/t19-/m1/s1. The summed E-state index contributed by atoms with van der Waals surface area (Å²) >= 11 is 0. The molecule has 1 atom stereocenters. The van der Waals surface area contributed by atoms with Crippen LogP contribution in [-0.2, 0) is 21.2 Å². The molecule has 3 aliphatic rings. The maximum Gasteiger partial charge on any atom is 0.239 e. The average Bonchev–Trinajstić information content (AvgIpc) is 3.18. The zero-order chi connectivity index (χ0) is 19.0. The highest BCUT2D eigenvalue weighted by atomic mass is 32.2. The van der Waals surface area contributed by atoms with Gasteiger partial charge in [-0.3, -0.25) is 9.69 Å². The summed E-state index contributed by atoms with van der Waals surface area (Å²) in [6.45, 7) is 1.90. The van der Waals surface area contributed by atoms with Gasteiger partial charge in [0.05, 0.1) is 10.9 Å². The van der Waals surface area contributed by atoms with Crippen molar-refractivity contribution < 1.29 is 13.2 Å². The number of primary amides is 1. The molecule has 0 radical (unpaired) electrons. The fourth-order valence-corrected chi connectivity index (χ4v) is 6.38. The van der Waals surface area contributed by atoms with Crippen LogP contribution in [0.3, 0.4) is 0 Å². The van der Waals surface area contributed by atoms with E-state index in [2.05, 4.69) is 11.0 Å². The Hall–Kier alpha value is -1.70. The fraction of sp³-hybridized carbons (Fsp3) is 0.550. The number of allylic oxidation sites excluding steroid dienone is 1. The van der Waals surface area contributed by atoms with Gasteiger partial charge >= 0.3 is 0 Å². The Morgan fingerprint density at radius 1 is 1.04 bits per heavy atom. The summed E-state index contributed by atoms with van der Waals surface area (Å²) in [5.74, 6) is -0.256. The van der Waals surface area contributed by atoms with Crippen LogP contribution in [0, 0.1) is 0 Å². The molecular weight excluding hydrogens is 362 g/mol. The molecule has 1 aliphatic carbocycles. The average molecular weight is 390 g/mol. The quantitative estimate of drug-likeness (QED) is 0.850. The van der Waals surface area contributed by atoms with Crippen LogP contribution in [0.4, 0.5) is 0 Å². The maximum atomic E-state index is 13.1. The lowest BCUT2D eigenvalue weighted by Gasteiger charge is -2.38. The number of carbonyl (C=O) groups is 1. The highest BCUT2D eigenvalue weighted by Crippen LogP contribution is 2.32. The van der Waals surface area contributed by atoms with Crippen LogP contribution in [0.5, 0.6) is 0 Å². The molecule has 0 spiro atoms. The SMILES string of the molecule is NC(=O)[C@H]1CCCN1C1CCN(S(=O)(=O)C2=Cc3ccccc3CC2)CC1. The number of nitrogens with two attached hydrogens (primary N) is 1. The van der Waals surface area contributed by atoms with E-state index in [0.717, 1.165) is 44.2 Å². The van der Waals surface area contributed by atoms with E-state index in [1.807, 2.05) is 24.3 Å². The Labute approximate surface area is 161 Å². The monoisotopic (exact) mass is 389 g/mol. The van der Waals surface area contributed by atoms with E-state index >= 15 is 0 Å². The normalized spacial score (nSPS) is 25.2. The first-order valence-corrected chi connectivity index (χ1v) is 11.2. The largest absolute Gasteiger partial charge is 0.368 e. The van der Waals surface area contributed by atoms with Crippen LogP contribution < -0.4 is 5.73 Å². The van der Waals surface area contributed by atoms with E-state index in [1.54, 1.807) is 4.31 Å². The van der Waals surface area contributed by atoms with Crippen molar-refractivity contribution in [1.29, 1.82) is 0 Å². The number of benzene rings is 1. The van der Waals surface area contributed by atoms with Gasteiger partial charge in [0.2, 0.25) is 15.9 Å². The molecule has 0 saturated carbocycles. The van der Waals surface area contributed by atoms with Gasteiger partial charge in [0, 0.05) is 19.1 Å². The van der Waals surface area contributed by atoms with E-state index in [0.29, 0.717) is 24.4 Å². The van der Waals surface area contributed by atoms with Crippen molar-refractivity contribution in [2.75, 3.05) is 19.6 Å². The summed E-state index contributed by atoms with van der Waals surface area (Å²) in [6.07, 6.45) is 6.49. The van der Waals surface area contributed by atoms with E-state index < -0.39 is 10.0 Å². The van der Waals surface area contributed by atoms with E-state index in [9.17, 15) is 13.2 Å². The minimum atomic E-state index is -3.42. The predicted octanol–water partition coefficient (Wildman–Crippen LogP) is 1.72. The maximum absolute atomic E-state index is 13.1. The van der Waals surface area contributed by atoms with Crippen LogP contribution in [-0.4, -0.2) is 55.2 Å². The Morgan fingerprint density at radius 3 is 2.52 bits per heavy atom. The molecule has 0 bridgehead atoms. The minimum Gasteiger partial charge on any atom is -0.368 e. The number of sulfonamides is 1. The molecule has 2 heterocycles. The molecule has 0 unspecified atom stereocenters. The number of amides is 1. The molecule has 2 fully saturated rings. The van der Waals surface area contributed by atoms with Gasteiger partial charge in [0.15, 0.2) is 0 Å². The Balaban J connectivity index is 1.45. The molecule has 4 rings (SSSR count). The molecule has 0 aromatic heterocycles. The second-order valence-corrected chi connectivity index (χ2v) is 9.73. The van der Waals surface area contributed by atoms with Gasteiger partial charge in [-0.2, -0.15) is 4.31 Å². The number of piperidine rings is 1. The van der Waals surface area contributed by atoms with Crippen molar-refractivity contribution in [2.45, 2.75) is 50.6 Å². The van der Waals surface area contributed by atoms with Crippen molar-refractivity contribution >= 4 is 22.0 Å². The lowest BCUT2D eigenvalue weighted by Crippen LogP contribution is -2.51. The molecular formula is C20H27N3O3S. The number of likely N-dealkylation sites (tertiary alicyclic amines) is 1. The third kappa shape index (κ3) is 3.56. The number of aryl methyl sites for hydroxylation is 1. The second kappa shape index (κ2) is 7.37. The van der Waals surface area contributed by atoms with Crippen molar-refractivity contribution in [1.82, 2.24) is 9.21 Å². The number of hydrogen-bond acceptors (Lipinski definition) is 4. The number of rotatable bonds is 4. The van der Waals surface area contributed by atoms with Gasteiger partial charge in [-0.25, -0.2) is 8.42 Å². The molecule has 27 heavy (non-hydrogen) atoms. The number of carbonyl (C=O) groups excluding carboxylic acids is 1. The first kappa shape index (κ1) is 18.7. The molecule has 1 aromatic carbocycles. The van der Waals surface area contributed by atoms with Gasteiger partial charge in [-0.1, -0.05) is 24.3 Å². The zero-order valence-electron chi connectivity index (χ0n) is 15.5. The van der Waals surface area contributed by atoms with Gasteiger partial charge in [-0.05, 0) is 62.3 Å². The number of fused-ring (bicyclic) bond motifs is 1. The van der Waals surface area contributed by atoms with Crippen LogP contribution in [0.2, 0.25) is 0 Å². The molecule has 6 nitrogen and oxygen atoms in total. The predicted molar refractivity (Wildman–Crippen MR) is 105 cm³/mol. The first-order valence-electron chi connectivity index (χ1n) is 9.80. The highest BCUT2D eigenvalue weighted by Gasteiger charge is 2.38. The Bertz CT molecular complexity index is 857. The molecule has 7 heteroatoms. The van der Waals surface area contributed by atoms with Crippen LogP contribution >= 0.6 is 0 Å². The third-order valence-corrected chi connectivity index (χ3v) is 8.23. The van der Waals surface area contributed by atoms with Crippen LogP contribution in [0.15, 0.2) is 29.2 Å². The third-order valence-electron chi connectivity index (χ3n) is 6.20. The van der Waals surface area contributed by atoms with Crippen molar-refractivity contribution in [3.63, 3.8) is 0 Å². The van der Waals surface area contributed by atoms with Crippen molar-refractivity contribution in [3.8, 4) is 0 Å². The highest BCUT2D eigenvalue weighted by molar-refractivity contribution is 7.93. The van der Waals surface area contributed by atoms with Crippen LogP contribution in [0.25, 0.3) is 6.08 Å². The molecule has 1 aromatic rings. The molecule has 2 N–H and O–H groups in total. The summed E-state index contributed by atoms with van der Waals surface area (Å²) in [4.78, 5) is 14.4. The van der Waals surface area contributed by atoms with Gasteiger partial charge < -0.3 is 5.73 Å². The lowest BCUT2D eigenvalue weighted by molar-refractivity contribution is -0.123. The van der Waals surface area contributed by atoms with Gasteiger partial charge in [0.25, 0.3) is 0 Å².